The topological polar surface area (TPSA) is 45.9 Å². The summed E-state index contributed by atoms with van der Waals surface area (Å²) in [5, 5.41) is 8.57. The molecule has 3 nitrogen and oxygen atoms in total. The van der Waals surface area contributed by atoms with Crippen LogP contribution in [0.4, 0.5) is 13.2 Å². The highest BCUT2D eigenvalue weighted by molar-refractivity contribution is 5.40. The van der Waals surface area contributed by atoms with Crippen molar-refractivity contribution in [2.45, 2.75) is 13.1 Å². The van der Waals surface area contributed by atoms with Gasteiger partial charge in [0.25, 0.3) is 0 Å². The Morgan fingerprint density at radius 2 is 2.20 bits per heavy atom. The van der Waals surface area contributed by atoms with Crippen LogP contribution in [0, 0.1) is 11.3 Å². The molecule has 0 aliphatic carbocycles. The van der Waals surface area contributed by atoms with Crippen LogP contribution in [0.1, 0.15) is 18.2 Å². The summed E-state index contributed by atoms with van der Waals surface area (Å²) in [6, 6.07) is 2.43. The first-order valence-electron chi connectivity index (χ1n) is 4.09. The van der Waals surface area contributed by atoms with E-state index in [-0.39, 0.29) is 18.1 Å². The van der Waals surface area contributed by atoms with E-state index in [2.05, 4.69) is 4.98 Å². The average Bonchev–Trinajstić information content (AvgIpc) is 2.17. The van der Waals surface area contributed by atoms with Crippen LogP contribution in [0.5, 0.6) is 5.75 Å². The standard InChI is InChI=1S/C9H7F3N2O/c1-2-15-8-3-6(9(10,11)12)5-14-7(8)4-13/h3,5H,2H2,1H3. The zero-order valence-corrected chi connectivity index (χ0v) is 7.80. The summed E-state index contributed by atoms with van der Waals surface area (Å²) < 4.78 is 41.7. The summed E-state index contributed by atoms with van der Waals surface area (Å²) in [6.07, 6.45) is -3.87. The average molecular weight is 216 g/mol. The number of pyridine rings is 1. The van der Waals surface area contributed by atoms with Gasteiger partial charge in [-0.2, -0.15) is 18.4 Å². The first kappa shape index (κ1) is 11.3. The summed E-state index contributed by atoms with van der Waals surface area (Å²) in [5.74, 6) is -0.144. The summed E-state index contributed by atoms with van der Waals surface area (Å²) in [6.45, 7) is 1.79. The van der Waals surface area contributed by atoms with Gasteiger partial charge in [-0.25, -0.2) is 4.98 Å². The van der Waals surface area contributed by atoms with Gasteiger partial charge in [0, 0.05) is 6.20 Å². The number of rotatable bonds is 2. The third-order valence-electron chi connectivity index (χ3n) is 1.59. The number of halogens is 3. The molecule has 0 saturated heterocycles. The van der Waals surface area contributed by atoms with Gasteiger partial charge in [0.05, 0.1) is 12.2 Å². The summed E-state index contributed by atoms with van der Waals surface area (Å²) in [7, 11) is 0. The molecule has 1 aromatic heterocycles. The maximum Gasteiger partial charge on any atom is 0.418 e. The van der Waals surface area contributed by atoms with E-state index in [1.54, 1.807) is 13.0 Å². The van der Waals surface area contributed by atoms with E-state index in [1.807, 2.05) is 0 Å². The van der Waals surface area contributed by atoms with Crippen molar-refractivity contribution >= 4 is 0 Å². The lowest BCUT2D eigenvalue weighted by Crippen LogP contribution is -2.07. The zero-order chi connectivity index (χ0) is 11.5. The Morgan fingerprint density at radius 3 is 2.67 bits per heavy atom. The lowest BCUT2D eigenvalue weighted by atomic mass is 10.2. The molecule has 1 aromatic rings. The molecular formula is C9H7F3N2O. The van der Waals surface area contributed by atoms with Gasteiger partial charge in [0.1, 0.15) is 6.07 Å². The SMILES string of the molecule is CCOc1cc(C(F)(F)F)cnc1C#N. The van der Waals surface area contributed by atoms with Crippen molar-refractivity contribution in [3.8, 4) is 11.8 Å². The Balaban J connectivity index is 3.17. The second-order valence-electron chi connectivity index (χ2n) is 2.61. The Kier molecular flexibility index (Phi) is 3.14. The molecular weight excluding hydrogens is 209 g/mol. The van der Waals surface area contributed by atoms with E-state index in [0.29, 0.717) is 6.20 Å². The highest BCUT2D eigenvalue weighted by atomic mass is 19.4. The Bertz CT molecular complexity index is 395. The van der Waals surface area contributed by atoms with Gasteiger partial charge in [-0.3, -0.25) is 0 Å². The molecule has 0 saturated carbocycles. The lowest BCUT2D eigenvalue weighted by Gasteiger charge is -2.09. The molecule has 0 bridgehead atoms. The number of hydrogen-bond donors (Lipinski definition) is 0. The number of alkyl halides is 3. The van der Waals surface area contributed by atoms with E-state index >= 15 is 0 Å². The molecule has 6 heteroatoms. The summed E-state index contributed by atoms with van der Waals surface area (Å²) >= 11 is 0. The summed E-state index contributed by atoms with van der Waals surface area (Å²) in [5.41, 5.74) is -1.07. The molecule has 80 valence electrons. The van der Waals surface area contributed by atoms with Crippen molar-refractivity contribution in [2.75, 3.05) is 6.61 Å². The van der Waals surface area contributed by atoms with Crippen molar-refractivity contribution in [1.29, 1.82) is 5.26 Å². The molecule has 1 heterocycles. The zero-order valence-electron chi connectivity index (χ0n) is 7.80. The highest BCUT2D eigenvalue weighted by Gasteiger charge is 2.32. The van der Waals surface area contributed by atoms with Crippen LogP contribution in [-0.4, -0.2) is 11.6 Å². The van der Waals surface area contributed by atoms with Gasteiger partial charge in [0.15, 0.2) is 11.4 Å². The van der Waals surface area contributed by atoms with Gasteiger partial charge >= 0.3 is 6.18 Å². The van der Waals surface area contributed by atoms with Gasteiger partial charge < -0.3 is 4.74 Å². The predicted octanol–water partition coefficient (Wildman–Crippen LogP) is 2.37. The molecule has 0 unspecified atom stereocenters. The Hall–Kier alpha value is -1.77. The van der Waals surface area contributed by atoms with Crippen molar-refractivity contribution in [3.63, 3.8) is 0 Å². The monoisotopic (exact) mass is 216 g/mol. The Labute approximate surface area is 84.1 Å². The molecule has 0 N–H and O–H groups in total. The normalized spacial score (nSPS) is 10.9. The minimum absolute atomic E-state index is 0.144. The largest absolute Gasteiger partial charge is 0.491 e. The van der Waals surface area contributed by atoms with Crippen molar-refractivity contribution in [2.24, 2.45) is 0 Å². The highest BCUT2D eigenvalue weighted by Crippen LogP contribution is 2.31. The fraction of sp³-hybridized carbons (Fsp3) is 0.333. The minimum atomic E-state index is -4.48. The van der Waals surface area contributed by atoms with Gasteiger partial charge in [-0.1, -0.05) is 0 Å². The summed E-state index contributed by atoms with van der Waals surface area (Å²) in [4.78, 5) is 3.38. The van der Waals surface area contributed by atoms with Crippen molar-refractivity contribution < 1.29 is 17.9 Å². The smallest absolute Gasteiger partial charge is 0.418 e. The fourth-order valence-electron chi connectivity index (χ4n) is 0.949. The van der Waals surface area contributed by atoms with Gasteiger partial charge in [0.2, 0.25) is 0 Å². The number of nitrogens with zero attached hydrogens (tertiary/aromatic N) is 2. The van der Waals surface area contributed by atoms with Crippen LogP contribution in [0.3, 0.4) is 0 Å². The van der Waals surface area contributed by atoms with Crippen LogP contribution in [-0.2, 0) is 6.18 Å². The maximum atomic E-state index is 12.3. The van der Waals surface area contributed by atoms with Crippen LogP contribution in [0.2, 0.25) is 0 Å². The first-order valence-corrected chi connectivity index (χ1v) is 4.09. The second-order valence-corrected chi connectivity index (χ2v) is 2.61. The molecule has 0 radical (unpaired) electrons. The van der Waals surface area contributed by atoms with Crippen molar-refractivity contribution in [3.05, 3.63) is 23.5 Å². The molecule has 0 aromatic carbocycles. The molecule has 0 spiro atoms. The van der Waals surface area contributed by atoms with E-state index in [0.717, 1.165) is 6.07 Å². The molecule has 0 amide bonds. The fourth-order valence-corrected chi connectivity index (χ4v) is 0.949. The second kappa shape index (κ2) is 4.17. The molecule has 0 aliphatic rings. The third-order valence-corrected chi connectivity index (χ3v) is 1.59. The minimum Gasteiger partial charge on any atom is -0.491 e. The molecule has 0 fully saturated rings. The van der Waals surface area contributed by atoms with E-state index in [1.165, 1.54) is 0 Å². The van der Waals surface area contributed by atoms with Crippen LogP contribution in [0.15, 0.2) is 12.3 Å². The quantitative estimate of drug-likeness (QED) is 0.762. The van der Waals surface area contributed by atoms with Crippen LogP contribution < -0.4 is 4.74 Å². The first-order chi connectivity index (χ1) is 6.99. The number of ether oxygens (including phenoxy) is 1. The van der Waals surface area contributed by atoms with Crippen LogP contribution >= 0.6 is 0 Å². The maximum absolute atomic E-state index is 12.3. The Morgan fingerprint density at radius 1 is 1.53 bits per heavy atom. The van der Waals surface area contributed by atoms with Crippen molar-refractivity contribution in [1.82, 2.24) is 4.98 Å². The number of nitriles is 1. The molecule has 15 heavy (non-hydrogen) atoms. The number of hydrogen-bond acceptors (Lipinski definition) is 3. The van der Waals surface area contributed by atoms with E-state index in [9.17, 15) is 13.2 Å². The third kappa shape index (κ3) is 2.59. The van der Waals surface area contributed by atoms with E-state index in [4.69, 9.17) is 10.00 Å². The lowest BCUT2D eigenvalue weighted by molar-refractivity contribution is -0.137. The number of aromatic nitrogens is 1. The molecule has 1 rings (SSSR count). The van der Waals surface area contributed by atoms with Crippen LogP contribution in [0.25, 0.3) is 0 Å². The molecule has 0 atom stereocenters. The van der Waals surface area contributed by atoms with Gasteiger partial charge in [-0.05, 0) is 13.0 Å². The predicted molar refractivity (Wildman–Crippen MR) is 45.1 cm³/mol. The van der Waals surface area contributed by atoms with E-state index < -0.39 is 11.7 Å². The molecule has 0 aliphatic heterocycles. The van der Waals surface area contributed by atoms with Gasteiger partial charge in [-0.15, -0.1) is 0 Å².